The van der Waals surface area contributed by atoms with Gasteiger partial charge in [-0.25, -0.2) is 9.98 Å². The molecule has 168 valence electrons. The molecule has 1 N–H and O–H groups in total. The van der Waals surface area contributed by atoms with E-state index in [-0.39, 0.29) is 12.2 Å². The number of benzene rings is 2. The standard InChI is InChI=1S/C24H23ClN6O2/c1-14-5-3-4-6-16(14)18-11-33-24(27-18)22-20-10-30-21(12-32-2)28-29-23(30)17-9-15(25)7-8-19(17)31(20)13-26-22/h3-9,13,18,21,28H,10-12H2,1-2H3. The van der Waals surface area contributed by atoms with Crippen molar-refractivity contribution in [2.24, 2.45) is 10.1 Å². The number of aryl methyl sites for hydroxylation is 1. The van der Waals surface area contributed by atoms with Gasteiger partial charge < -0.3 is 14.4 Å². The minimum Gasteiger partial charge on any atom is -0.474 e. The Morgan fingerprint density at radius 2 is 2.12 bits per heavy atom. The lowest BCUT2D eigenvalue weighted by Gasteiger charge is -2.25. The normalized spacial score (nSPS) is 20.8. The Morgan fingerprint density at radius 1 is 1.24 bits per heavy atom. The van der Waals surface area contributed by atoms with Gasteiger partial charge in [-0.2, -0.15) is 5.10 Å². The number of aliphatic imine (C=N–C) groups is 1. The lowest BCUT2D eigenvalue weighted by atomic mass is 10.0. The van der Waals surface area contributed by atoms with Crippen LogP contribution in [0.25, 0.3) is 5.69 Å². The van der Waals surface area contributed by atoms with Crippen LogP contribution in [0.3, 0.4) is 0 Å². The Balaban J connectivity index is 1.45. The fourth-order valence-electron chi connectivity index (χ4n) is 4.70. The molecule has 2 atom stereocenters. The van der Waals surface area contributed by atoms with E-state index >= 15 is 0 Å². The molecule has 4 heterocycles. The van der Waals surface area contributed by atoms with E-state index in [9.17, 15) is 0 Å². The van der Waals surface area contributed by atoms with Crippen molar-refractivity contribution >= 4 is 23.3 Å². The van der Waals surface area contributed by atoms with Crippen LogP contribution in [0.1, 0.15) is 34.1 Å². The summed E-state index contributed by atoms with van der Waals surface area (Å²) in [7, 11) is 1.69. The average molecular weight is 463 g/mol. The summed E-state index contributed by atoms with van der Waals surface area (Å²) in [6.07, 6.45) is 1.73. The van der Waals surface area contributed by atoms with Gasteiger partial charge in [-0.05, 0) is 36.2 Å². The molecule has 0 saturated heterocycles. The van der Waals surface area contributed by atoms with E-state index in [1.807, 2.05) is 36.7 Å². The molecule has 6 rings (SSSR count). The van der Waals surface area contributed by atoms with Crippen molar-refractivity contribution in [2.75, 3.05) is 20.3 Å². The van der Waals surface area contributed by atoms with Crippen molar-refractivity contribution in [2.45, 2.75) is 25.7 Å². The molecule has 1 aromatic heterocycles. The smallest absolute Gasteiger partial charge is 0.238 e. The van der Waals surface area contributed by atoms with Crippen LogP contribution in [-0.4, -0.2) is 52.7 Å². The lowest BCUT2D eigenvalue weighted by molar-refractivity contribution is 0.118. The molecule has 9 heteroatoms. The van der Waals surface area contributed by atoms with Crippen molar-refractivity contribution in [3.63, 3.8) is 0 Å². The number of imidazole rings is 1. The van der Waals surface area contributed by atoms with E-state index < -0.39 is 0 Å². The first-order chi connectivity index (χ1) is 16.1. The van der Waals surface area contributed by atoms with Crippen LogP contribution in [-0.2, 0) is 16.0 Å². The number of rotatable bonds is 4. The minimum absolute atomic E-state index is 0.0396. The number of hydrazone groups is 1. The first-order valence-electron chi connectivity index (χ1n) is 10.9. The number of aromatic nitrogens is 2. The highest BCUT2D eigenvalue weighted by molar-refractivity contribution is 6.31. The molecule has 0 spiro atoms. The predicted molar refractivity (Wildman–Crippen MR) is 126 cm³/mol. The number of nitrogens with zero attached hydrogens (tertiary/aromatic N) is 5. The summed E-state index contributed by atoms with van der Waals surface area (Å²) in [5, 5.41) is 5.26. The number of nitrogens with one attached hydrogen (secondary N) is 1. The van der Waals surface area contributed by atoms with E-state index in [1.54, 1.807) is 7.11 Å². The maximum atomic E-state index is 6.36. The summed E-state index contributed by atoms with van der Waals surface area (Å²) in [6, 6.07) is 14.1. The topological polar surface area (TPSA) is 76.3 Å². The van der Waals surface area contributed by atoms with Crippen molar-refractivity contribution < 1.29 is 9.47 Å². The quantitative estimate of drug-likeness (QED) is 0.643. The number of amidine groups is 1. The van der Waals surface area contributed by atoms with Crippen LogP contribution in [0.2, 0.25) is 5.02 Å². The molecule has 2 aromatic carbocycles. The molecule has 0 radical (unpaired) electrons. The molecule has 8 nitrogen and oxygen atoms in total. The Hall–Kier alpha value is -3.36. The van der Waals surface area contributed by atoms with Crippen molar-refractivity contribution in [1.82, 2.24) is 19.9 Å². The molecule has 3 aromatic rings. The van der Waals surface area contributed by atoms with Crippen LogP contribution in [0.4, 0.5) is 0 Å². The number of methoxy groups -OCH3 is 1. The maximum absolute atomic E-state index is 6.36. The number of ether oxygens (including phenoxy) is 2. The number of halogens is 1. The zero-order valence-electron chi connectivity index (χ0n) is 18.3. The molecule has 33 heavy (non-hydrogen) atoms. The largest absolute Gasteiger partial charge is 0.474 e. The first kappa shape index (κ1) is 20.3. The average Bonchev–Trinajstić information content (AvgIpc) is 3.53. The molecular formula is C24H23ClN6O2. The number of hydrogen-bond acceptors (Lipinski definition) is 7. The van der Waals surface area contributed by atoms with Gasteiger partial charge in [-0.3, -0.25) is 9.99 Å². The Morgan fingerprint density at radius 3 is 2.97 bits per heavy atom. The highest BCUT2D eigenvalue weighted by Crippen LogP contribution is 2.33. The van der Waals surface area contributed by atoms with Gasteiger partial charge in [-0.15, -0.1) is 0 Å². The highest BCUT2D eigenvalue weighted by atomic mass is 35.5. The fraction of sp³-hybridized carbons (Fsp3) is 0.292. The van der Waals surface area contributed by atoms with Gasteiger partial charge in [0.15, 0.2) is 5.84 Å². The second-order valence-electron chi connectivity index (χ2n) is 8.35. The maximum Gasteiger partial charge on any atom is 0.238 e. The molecule has 0 bridgehead atoms. The van der Waals surface area contributed by atoms with E-state index in [4.69, 9.17) is 31.1 Å². The van der Waals surface area contributed by atoms with E-state index in [0.717, 1.165) is 28.5 Å². The SMILES string of the molecule is COCC1NN=C2c3cc(Cl)ccc3-n3cnc(C4=NC(c5ccccc5C)CO4)c3CN21. The number of fused-ring (bicyclic) bond motifs is 5. The van der Waals surface area contributed by atoms with Crippen LogP contribution in [0.15, 0.2) is 58.9 Å². The summed E-state index contributed by atoms with van der Waals surface area (Å²) in [5.41, 5.74) is 9.20. The zero-order valence-corrected chi connectivity index (χ0v) is 19.1. The molecule has 0 saturated carbocycles. The molecule has 2 unspecified atom stereocenters. The summed E-state index contributed by atoms with van der Waals surface area (Å²) in [6.45, 7) is 3.66. The lowest BCUT2D eigenvalue weighted by Crippen LogP contribution is -2.42. The van der Waals surface area contributed by atoms with Crippen LogP contribution in [0, 0.1) is 6.92 Å². The third kappa shape index (κ3) is 3.29. The van der Waals surface area contributed by atoms with Gasteiger partial charge in [0.05, 0.1) is 24.5 Å². The Kier molecular flexibility index (Phi) is 4.85. The zero-order chi connectivity index (χ0) is 22.5. The van der Waals surface area contributed by atoms with Gasteiger partial charge >= 0.3 is 0 Å². The predicted octanol–water partition coefficient (Wildman–Crippen LogP) is 3.41. The fourth-order valence-corrected chi connectivity index (χ4v) is 4.87. The Labute approximate surface area is 196 Å². The highest BCUT2D eigenvalue weighted by Gasteiger charge is 2.37. The minimum atomic E-state index is -0.0997. The molecular weight excluding hydrogens is 440 g/mol. The summed E-state index contributed by atoms with van der Waals surface area (Å²) >= 11 is 6.36. The van der Waals surface area contributed by atoms with Gasteiger partial charge in [0.2, 0.25) is 5.90 Å². The third-order valence-corrected chi connectivity index (χ3v) is 6.57. The first-order valence-corrected chi connectivity index (χ1v) is 11.2. The Bertz CT molecular complexity index is 1300. The molecule has 0 fully saturated rings. The van der Waals surface area contributed by atoms with E-state index in [2.05, 4.69) is 39.1 Å². The molecule has 0 amide bonds. The molecule has 3 aliphatic rings. The van der Waals surface area contributed by atoms with Crippen molar-refractivity contribution in [3.8, 4) is 5.69 Å². The molecule has 3 aliphatic heterocycles. The second kappa shape index (κ2) is 7.90. The van der Waals surface area contributed by atoms with E-state index in [0.29, 0.717) is 30.7 Å². The second-order valence-corrected chi connectivity index (χ2v) is 8.79. The van der Waals surface area contributed by atoms with Crippen molar-refractivity contribution in [3.05, 3.63) is 81.9 Å². The van der Waals surface area contributed by atoms with Gasteiger partial charge in [0.1, 0.15) is 30.8 Å². The van der Waals surface area contributed by atoms with Crippen LogP contribution >= 0.6 is 11.6 Å². The summed E-state index contributed by atoms with van der Waals surface area (Å²) in [5.74, 6) is 1.40. The van der Waals surface area contributed by atoms with Crippen LogP contribution in [0.5, 0.6) is 0 Å². The van der Waals surface area contributed by atoms with E-state index in [1.165, 1.54) is 11.1 Å². The monoisotopic (exact) mass is 462 g/mol. The van der Waals surface area contributed by atoms with Crippen LogP contribution < -0.4 is 5.43 Å². The number of hydrogen-bond donors (Lipinski definition) is 1. The summed E-state index contributed by atoms with van der Waals surface area (Å²) in [4.78, 5) is 11.8. The molecule has 0 aliphatic carbocycles. The third-order valence-electron chi connectivity index (χ3n) is 6.34. The summed E-state index contributed by atoms with van der Waals surface area (Å²) < 4.78 is 13.6. The van der Waals surface area contributed by atoms with Gasteiger partial charge in [0, 0.05) is 17.7 Å². The van der Waals surface area contributed by atoms with Gasteiger partial charge in [-0.1, -0.05) is 35.9 Å². The van der Waals surface area contributed by atoms with Crippen molar-refractivity contribution in [1.29, 1.82) is 0 Å². The van der Waals surface area contributed by atoms with Gasteiger partial charge in [0.25, 0.3) is 0 Å².